The van der Waals surface area contributed by atoms with Gasteiger partial charge < -0.3 is 5.11 Å². The van der Waals surface area contributed by atoms with Gasteiger partial charge in [0.25, 0.3) is 11.1 Å². The van der Waals surface area contributed by atoms with Crippen LogP contribution in [0.5, 0.6) is 5.75 Å². The minimum absolute atomic E-state index is 0.0362. The molecule has 1 N–H and O–H groups in total. The lowest BCUT2D eigenvalue weighted by Gasteiger charge is -2.35. The minimum atomic E-state index is -0.241. The van der Waals surface area contributed by atoms with E-state index in [-0.39, 0.29) is 22.3 Å². The third-order valence-corrected chi connectivity index (χ3v) is 5.60. The van der Waals surface area contributed by atoms with Crippen molar-refractivity contribution in [3.8, 4) is 5.75 Å². The van der Waals surface area contributed by atoms with Crippen molar-refractivity contribution in [1.82, 2.24) is 4.90 Å². The maximum atomic E-state index is 12.6. The molecule has 1 saturated heterocycles. The van der Waals surface area contributed by atoms with Crippen LogP contribution in [0, 0.1) is 5.41 Å². The average Bonchev–Trinajstić information content (AvgIpc) is 2.78. The zero-order chi connectivity index (χ0) is 16.4. The lowest BCUT2D eigenvalue weighted by atomic mass is 9.75. The Labute approximate surface area is 140 Å². The average molecular weight is 331 g/mol. The number of carbonyl (C=O) groups excluding carboxylic acids is 2. The van der Waals surface area contributed by atoms with Gasteiger partial charge in [0.05, 0.1) is 4.91 Å². The first-order chi connectivity index (χ1) is 11.0. The number of phenolic OH excluding ortho intramolecular Hbond substituents is 1. The molecule has 1 saturated carbocycles. The van der Waals surface area contributed by atoms with E-state index in [2.05, 4.69) is 6.92 Å². The van der Waals surface area contributed by atoms with Gasteiger partial charge in [0.15, 0.2) is 0 Å². The molecule has 1 heterocycles. The molecule has 122 valence electrons. The van der Waals surface area contributed by atoms with Crippen molar-refractivity contribution >= 4 is 29.0 Å². The van der Waals surface area contributed by atoms with E-state index < -0.39 is 0 Å². The summed E-state index contributed by atoms with van der Waals surface area (Å²) >= 11 is 0.960. The minimum Gasteiger partial charge on any atom is -0.507 e. The number of imide groups is 1. The summed E-state index contributed by atoms with van der Waals surface area (Å²) < 4.78 is 0. The summed E-state index contributed by atoms with van der Waals surface area (Å²) in [6.07, 6.45) is 7.30. The number of para-hydroxylation sites is 1. The molecule has 3 rings (SSSR count). The summed E-state index contributed by atoms with van der Waals surface area (Å²) in [5.41, 5.74) is 0.593. The van der Waals surface area contributed by atoms with Gasteiger partial charge in [0, 0.05) is 12.1 Å². The summed E-state index contributed by atoms with van der Waals surface area (Å²) in [6.45, 7) is 2.66. The number of benzene rings is 1. The number of rotatable bonds is 3. The molecular formula is C18H21NO3S. The van der Waals surface area contributed by atoms with Crippen LogP contribution in [-0.4, -0.2) is 27.7 Å². The van der Waals surface area contributed by atoms with E-state index in [4.69, 9.17) is 0 Å². The lowest BCUT2D eigenvalue weighted by Crippen LogP contribution is -2.39. The number of thioether (sulfide) groups is 1. The number of phenols is 1. The fraction of sp³-hybridized carbons (Fsp3) is 0.444. The second-order valence-electron chi connectivity index (χ2n) is 6.70. The van der Waals surface area contributed by atoms with Crippen LogP contribution in [0.3, 0.4) is 0 Å². The Kier molecular flexibility index (Phi) is 4.48. The molecule has 2 aliphatic rings. The molecule has 1 aliphatic carbocycles. The first-order valence-electron chi connectivity index (χ1n) is 8.02. The Bertz CT molecular complexity index is 662. The topological polar surface area (TPSA) is 57.6 Å². The summed E-state index contributed by atoms with van der Waals surface area (Å²) in [4.78, 5) is 26.6. The van der Waals surface area contributed by atoms with Gasteiger partial charge in [-0.1, -0.05) is 44.4 Å². The Morgan fingerprint density at radius 2 is 1.91 bits per heavy atom. The van der Waals surface area contributed by atoms with Gasteiger partial charge >= 0.3 is 0 Å². The van der Waals surface area contributed by atoms with Crippen LogP contribution in [0.25, 0.3) is 6.08 Å². The van der Waals surface area contributed by atoms with Crippen molar-refractivity contribution in [3.63, 3.8) is 0 Å². The standard InChI is InChI=1S/C18H21NO3S/c1-18(9-5-2-6-10-18)12-19-16(21)15(23-17(19)22)11-13-7-3-4-8-14(13)20/h3-4,7-8,11,20H,2,5-6,9-10,12H2,1H3/b15-11-. The maximum Gasteiger partial charge on any atom is 0.293 e. The molecule has 2 amide bonds. The number of hydrogen-bond acceptors (Lipinski definition) is 4. The second kappa shape index (κ2) is 6.40. The molecule has 0 spiro atoms. The van der Waals surface area contributed by atoms with Crippen LogP contribution >= 0.6 is 11.8 Å². The molecule has 0 aromatic heterocycles. The van der Waals surface area contributed by atoms with Gasteiger partial charge in [-0.05, 0) is 42.2 Å². The van der Waals surface area contributed by atoms with E-state index in [1.54, 1.807) is 30.3 Å². The number of amides is 2. The SMILES string of the molecule is CC1(CN2C(=O)S/C(=C\c3ccccc3O)C2=O)CCCCC1. The Hall–Kier alpha value is -1.75. The van der Waals surface area contributed by atoms with E-state index in [0.717, 1.165) is 24.6 Å². The fourth-order valence-corrected chi connectivity index (χ4v) is 4.16. The van der Waals surface area contributed by atoms with Gasteiger partial charge in [-0.25, -0.2) is 0 Å². The quantitative estimate of drug-likeness (QED) is 0.834. The highest BCUT2D eigenvalue weighted by molar-refractivity contribution is 8.18. The van der Waals surface area contributed by atoms with Crippen LogP contribution in [0.2, 0.25) is 0 Å². The Balaban J connectivity index is 1.79. The molecule has 1 aromatic rings. The van der Waals surface area contributed by atoms with Crippen molar-refractivity contribution < 1.29 is 14.7 Å². The highest BCUT2D eigenvalue weighted by Crippen LogP contribution is 2.40. The van der Waals surface area contributed by atoms with Crippen molar-refractivity contribution in [2.24, 2.45) is 5.41 Å². The van der Waals surface area contributed by atoms with E-state index in [1.165, 1.54) is 24.2 Å². The molecule has 1 aliphatic heterocycles. The Morgan fingerprint density at radius 3 is 2.61 bits per heavy atom. The predicted molar refractivity (Wildman–Crippen MR) is 92.0 cm³/mol. The van der Waals surface area contributed by atoms with Crippen LogP contribution in [0.15, 0.2) is 29.2 Å². The molecule has 0 bridgehead atoms. The molecule has 5 heteroatoms. The maximum absolute atomic E-state index is 12.6. The molecule has 0 atom stereocenters. The van der Waals surface area contributed by atoms with E-state index in [1.807, 2.05) is 0 Å². The number of nitrogens with zero attached hydrogens (tertiary/aromatic N) is 1. The molecule has 0 unspecified atom stereocenters. The Morgan fingerprint density at radius 1 is 1.22 bits per heavy atom. The summed E-state index contributed by atoms with van der Waals surface area (Å²) in [5.74, 6) is -0.131. The normalized spacial score (nSPS) is 22.8. The van der Waals surface area contributed by atoms with Crippen LogP contribution in [0.1, 0.15) is 44.6 Å². The number of hydrogen-bond donors (Lipinski definition) is 1. The van der Waals surface area contributed by atoms with Crippen molar-refractivity contribution in [1.29, 1.82) is 0 Å². The first kappa shape index (κ1) is 16.1. The van der Waals surface area contributed by atoms with Crippen LogP contribution < -0.4 is 0 Å². The molecule has 2 fully saturated rings. The van der Waals surface area contributed by atoms with Crippen LogP contribution in [0.4, 0.5) is 4.79 Å². The fourth-order valence-electron chi connectivity index (χ4n) is 3.33. The molecular weight excluding hydrogens is 310 g/mol. The second-order valence-corrected chi connectivity index (χ2v) is 7.69. The third kappa shape index (κ3) is 3.44. The van der Waals surface area contributed by atoms with Crippen LogP contribution in [-0.2, 0) is 4.79 Å². The third-order valence-electron chi connectivity index (χ3n) is 4.70. The molecule has 23 heavy (non-hydrogen) atoms. The van der Waals surface area contributed by atoms with Crippen molar-refractivity contribution in [2.75, 3.05) is 6.54 Å². The van der Waals surface area contributed by atoms with E-state index in [0.29, 0.717) is 17.0 Å². The van der Waals surface area contributed by atoms with Crippen molar-refractivity contribution in [2.45, 2.75) is 39.0 Å². The lowest BCUT2D eigenvalue weighted by molar-refractivity contribution is -0.124. The van der Waals surface area contributed by atoms with E-state index in [9.17, 15) is 14.7 Å². The number of carbonyl (C=O) groups is 2. The zero-order valence-corrected chi connectivity index (χ0v) is 14.1. The highest BCUT2D eigenvalue weighted by Gasteiger charge is 2.40. The zero-order valence-electron chi connectivity index (χ0n) is 13.2. The van der Waals surface area contributed by atoms with Gasteiger partial charge in [-0.15, -0.1) is 0 Å². The number of aromatic hydroxyl groups is 1. The molecule has 4 nitrogen and oxygen atoms in total. The largest absolute Gasteiger partial charge is 0.507 e. The molecule has 1 aromatic carbocycles. The van der Waals surface area contributed by atoms with Crippen molar-refractivity contribution in [3.05, 3.63) is 34.7 Å². The summed E-state index contributed by atoms with van der Waals surface area (Å²) in [7, 11) is 0. The van der Waals surface area contributed by atoms with Gasteiger partial charge in [-0.3, -0.25) is 14.5 Å². The smallest absolute Gasteiger partial charge is 0.293 e. The summed E-state index contributed by atoms with van der Waals surface area (Å²) in [6, 6.07) is 6.81. The van der Waals surface area contributed by atoms with E-state index >= 15 is 0 Å². The van der Waals surface area contributed by atoms with Gasteiger partial charge in [0.2, 0.25) is 0 Å². The first-order valence-corrected chi connectivity index (χ1v) is 8.84. The summed E-state index contributed by atoms with van der Waals surface area (Å²) in [5, 5.41) is 9.62. The predicted octanol–water partition coefficient (Wildman–Crippen LogP) is 4.40. The van der Waals surface area contributed by atoms with Gasteiger partial charge in [0.1, 0.15) is 5.75 Å². The monoisotopic (exact) mass is 331 g/mol. The highest BCUT2D eigenvalue weighted by atomic mass is 32.2. The van der Waals surface area contributed by atoms with Gasteiger partial charge in [-0.2, -0.15) is 0 Å². The molecule has 0 radical (unpaired) electrons.